The first-order valence-corrected chi connectivity index (χ1v) is 7.10. The summed E-state index contributed by atoms with van der Waals surface area (Å²) in [6, 6.07) is 3.03. The van der Waals surface area contributed by atoms with Gasteiger partial charge in [-0.1, -0.05) is 30.1 Å². The van der Waals surface area contributed by atoms with Crippen LogP contribution in [0, 0.1) is 5.92 Å². The lowest BCUT2D eigenvalue weighted by Crippen LogP contribution is -2.29. The van der Waals surface area contributed by atoms with Crippen LogP contribution in [0.25, 0.3) is 0 Å². The topological polar surface area (TPSA) is 58.6 Å². The van der Waals surface area contributed by atoms with E-state index in [1.165, 1.54) is 19.2 Å². The number of ether oxygens (including phenoxy) is 1. The van der Waals surface area contributed by atoms with Gasteiger partial charge in [-0.3, -0.25) is 4.79 Å². The van der Waals surface area contributed by atoms with Gasteiger partial charge < -0.3 is 15.2 Å². The number of hydrogen-bond donors (Lipinski definition) is 2. The number of methoxy groups -OCH3 is 1. The predicted molar refractivity (Wildman–Crippen MR) is 80.8 cm³/mol. The van der Waals surface area contributed by atoms with Crippen molar-refractivity contribution in [1.82, 2.24) is 5.32 Å². The minimum absolute atomic E-state index is 0.183. The lowest BCUT2D eigenvalue weighted by molar-refractivity contribution is 0.0939. The number of rotatable bonds is 6. The Morgan fingerprint density at radius 3 is 2.35 bits per heavy atom. The molecular formula is C14H19Cl2NO3. The molecule has 0 heterocycles. The van der Waals surface area contributed by atoms with Gasteiger partial charge in [0.15, 0.2) is 5.75 Å². The van der Waals surface area contributed by atoms with Crippen molar-refractivity contribution in [3.05, 3.63) is 27.7 Å². The first-order chi connectivity index (χ1) is 9.35. The summed E-state index contributed by atoms with van der Waals surface area (Å²) in [6.07, 6.45) is 0.247. The molecule has 1 aromatic carbocycles. The Kier molecular flexibility index (Phi) is 6.59. The van der Waals surface area contributed by atoms with E-state index in [9.17, 15) is 9.90 Å². The summed E-state index contributed by atoms with van der Waals surface area (Å²) in [7, 11) is 1.46. The molecule has 0 saturated carbocycles. The van der Waals surface area contributed by atoms with Crippen molar-refractivity contribution >= 4 is 29.1 Å². The predicted octanol–water partition coefficient (Wildman–Crippen LogP) is 3.14. The third kappa shape index (κ3) is 4.85. The Bertz CT molecular complexity index is 454. The molecule has 1 amide bonds. The van der Waals surface area contributed by atoms with Crippen LogP contribution in [0.3, 0.4) is 0 Å². The monoisotopic (exact) mass is 319 g/mol. The fourth-order valence-electron chi connectivity index (χ4n) is 1.92. The summed E-state index contributed by atoms with van der Waals surface area (Å²) in [5, 5.41) is 12.6. The molecule has 112 valence electrons. The molecule has 2 atom stereocenters. The summed E-state index contributed by atoms with van der Waals surface area (Å²) in [4.78, 5) is 12.0. The summed E-state index contributed by atoms with van der Waals surface area (Å²) < 4.78 is 5.03. The molecule has 2 unspecified atom stereocenters. The highest BCUT2D eigenvalue weighted by molar-refractivity contribution is 6.37. The second kappa shape index (κ2) is 7.72. The maximum absolute atomic E-state index is 12.0. The van der Waals surface area contributed by atoms with E-state index in [2.05, 4.69) is 5.32 Å². The van der Waals surface area contributed by atoms with Crippen molar-refractivity contribution < 1.29 is 14.6 Å². The zero-order valence-electron chi connectivity index (χ0n) is 11.7. The molecule has 0 saturated heterocycles. The highest BCUT2D eigenvalue weighted by atomic mass is 35.5. The summed E-state index contributed by atoms with van der Waals surface area (Å²) in [6.45, 7) is 4.16. The smallest absolute Gasteiger partial charge is 0.251 e. The average molecular weight is 320 g/mol. The quantitative estimate of drug-likeness (QED) is 0.846. The van der Waals surface area contributed by atoms with Gasteiger partial charge in [-0.2, -0.15) is 0 Å². The molecule has 6 heteroatoms. The Morgan fingerprint density at radius 1 is 1.35 bits per heavy atom. The van der Waals surface area contributed by atoms with Crippen LogP contribution >= 0.6 is 23.2 Å². The lowest BCUT2D eigenvalue weighted by atomic mass is 10.0. The van der Waals surface area contributed by atoms with Crippen LogP contribution in [-0.2, 0) is 0 Å². The van der Waals surface area contributed by atoms with Crippen LogP contribution in [0.15, 0.2) is 12.1 Å². The average Bonchev–Trinajstić information content (AvgIpc) is 2.34. The Labute approximate surface area is 129 Å². The van der Waals surface area contributed by atoms with Gasteiger partial charge in [-0.05, 0) is 31.4 Å². The molecule has 0 aromatic heterocycles. The fraction of sp³-hybridized carbons (Fsp3) is 0.500. The van der Waals surface area contributed by atoms with E-state index in [0.29, 0.717) is 34.3 Å². The van der Waals surface area contributed by atoms with Crippen molar-refractivity contribution in [2.75, 3.05) is 13.7 Å². The Morgan fingerprint density at radius 2 is 1.90 bits per heavy atom. The van der Waals surface area contributed by atoms with Gasteiger partial charge in [0.1, 0.15) is 0 Å². The van der Waals surface area contributed by atoms with Gasteiger partial charge in [-0.25, -0.2) is 0 Å². The molecule has 4 nitrogen and oxygen atoms in total. The highest BCUT2D eigenvalue weighted by Crippen LogP contribution is 2.33. The molecule has 20 heavy (non-hydrogen) atoms. The van der Waals surface area contributed by atoms with Gasteiger partial charge >= 0.3 is 0 Å². The van der Waals surface area contributed by atoms with E-state index in [0.717, 1.165) is 0 Å². The fourth-order valence-corrected chi connectivity index (χ4v) is 2.56. The number of benzene rings is 1. The third-order valence-electron chi connectivity index (χ3n) is 2.82. The van der Waals surface area contributed by atoms with Crippen LogP contribution in [0.1, 0.15) is 30.6 Å². The summed E-state index contributed by atoms with van der Waals surface area (Å²) in [5.41, 5.74) is 0.380. The van der Waals surface area contributed by atoms with Crippen LogP contribution < -0.4 is 10.1 Å². The van der Waals surface area contributed by atoms with E-state index >= 15 is 0 Å². The van der Waals surface area contributed by atoms with Crippen LogP contribution in [0.2, 0.25) is 10.0 Å². The van der Waals surface area contributed by atoms with Crippen LogP contribution in [-0.4, -0.2) is 30.8 Å². The number of carbonyl (C=O) groups is 1. The summed E-state index contributed by atoms with van der Waals surface area (Å²) in [5.74, 6) is 0.282. The summed E-state index contributed by atoms with van der Waals surface area (Å²) >= 11 is 12.0. The molecule has 0 radical (unpaired) electrons. The number of hydrogen-bond acceptors (Lipinski definition) is 3. The molecule has 0 spiro atoms. The second-order valence-electron chi connectivity index (χ2n) is 4.87. The minimum Gasteiger partial charge on any atom is -0.494 e. The third-order valence-corrected chi connectivity index (χ3v) is 3.38. The molecule has 0 aliphatic rings. The van der Waals surface area contributed by atoms with Gasteiger partial charge in [0.25, 0.3) is 5.91 Å². The van der Waals surface area contributed by atoms with E-state index in [1.807, 2.05) is 6.92 Å². The normalized spacial score (nSPS) is 13.7. The van der Waals surface area contributed by atoms with Gasteiger partial charge in [-0.15, -0.1) is 0 Å². The molecule has 0 fully saturated rings. The first-order valence-electron chi connectivity index (χ1n) is 6.34. The van der Waals surface area contributed by atoms with Crippen molar-refractivity contribution in [2.24, 2.45) is 5.92 Å². The second-order valence-corrected chi connectivity index (χ2v) is 5.69. The number of amides is 1. The van der Waals surface area contributed by atoms with Crippen LogP contribution in [0.4, 0.5) is 0 Å². The largest absolute Gasteiger partial charge is 0.494 e. The molecule has 0 bridgehead atoms. The van der Waals surface area contributed by atoms with E-state index in [-0.39, 0.29) is 17.9 Å². The molecule has 1 rings (SSSR count). The number of aliphatic hydroxyl groups is 1. The first kappa shape index (κ1) is 17.1. The maximum atomic E-state index is 12.0. The molecule has 0 aliphatic heterocycles. The Balaban J connectivity index is 2.69. The van der Waals surface area contributed by atoms with Crippen molar-refractivity contribution in [3.63, 3.8) is 0 Å². The van der Waals surface area contributed by atoms with E-state index in [1.54, 1.807) is 6.92 Å². The van der Waals surface area contributed by atoms with E-state index < -0.39 is 0 Å². The zero-order chi connectivity index (χ0) is 15.3. The van der Waals surface area contributed by atoms with E-state index in [4.69, 9.17) is 27.9 Å². The number of nitrogens with one attached hydrogen (secondary N) is 1. The van der Waals surface area contributed by atoms with Crippen molar-refractivity contribution in [1.29, 1.82) is 0 Å². The number of carbonyl (C=O) groups excluding carboxylic acids is 1. The SMILES string of the molecule is COc1c(Cl)cc(C(=O)NCC(C)CC(C)O)cc1Cl. The molecular weight excluding hydrogens is 301 g/mol. The van der Waals surface area contributed by atoms with Crippen LogP contribution in [0.5, 0.6) is 5.75 Å². The van der Waals surface area contributed by atoms with Crippen molar-refractivity contribution in [3.8, 4) is 5.75 Å². The lowest BCUT2D eigenvalue weighted by Gasteiger charge is -2.14. The maximum Gasteiger partial charge on any atom is 0.251 e. The molecule has 1 aromatic rings. The standard InChI is InChI=1S/C14H19Cl2NO3/c1-8(4-9(2)18)7-17-14(19)10-5-11(15)13(20-3)12(16)6-10/h5-6,8-9,18H,4,7H2,1-3H3,(H,17,19). The Hall–Kier alpha value is -0.970. The van der Waals surface area contributed by atoms with Crippen molar-refractivity contribution in [2.45, 2.75) is 26.4 Å². The number of halogens is 2. The highest BCUT2D eigenvalue weighted by Gasteiger charge is 2.14. The van der Waals surface area contributed by atoms with Gasteiger partial charge in [0.2, 0.25) is 0 Å². The van der Waals surface area contributed by atoms with Gasteiger partial charge in [0.05, 0.1) is 23.3 Å². The number of aliphatic hydroxyl groups excluding tert-OH is 1. The molecule has 0 aliphatic carbocycles. The molecule has 2 N–H and O–H groups in total. The zero-order valence-corrected chi connectivity index (χ0v) is 13.3. The van der Waals surface area contributed by atoms with Gasteiger partial charge in [0, 0.05) is 12.1 Å². The minimum atomic E-state index is -0.383.